The zero-order valence-corrected chi connectivity index (χ0v) is 20.9. The Morgan fingerprint density at radius 1 is 1.28 bits per heavy atom. The molecule has 2 atom stereocenters. The van der Waals surface area contributed by atoms with Crippen molar-refractivity contribution in [2.45, 2.75) is 50.6 Å². The number of carbonyl (C=O) groups excluding carboxylic acids is 2. The molecule has 194 valence electrons. The molecular formula is C25H35BN4O6. The molecule has 11 heteroatoms. The number of rotatable bonds is 9. The van der Waals surface area contributed by atoms with Crippen LogP contribution in [0.3, 0.4) is 0 Å². The summed E-state index contributed by atoms with van der Waals surface area (Å²) in [7, 11) is -1.76. The number of nitriles is 1. The normalized spacial score (nSPS) is 19.9. The van der Waals surface area contributed by atoms with Crippen LogP contribution in [-0.2, 0) is 20.7 Å². The largest absolute Gasteiger partial charge is 0.475 e. The molecule has 0 spiro atoms. The van der Waals surface area contributed by atoms with Gasteiger partial charge in [-0.2, -0.15) is 5.26 Å². The molecule has 0 aromatic heterocycles. The summed E-state index contributed by atoms with van der Waals surface area (Å²) in [5.74, 6) is -1.32. The van der Waals surface area contributed by atoms with E-state index >= 15 is 0 Å². The number of nitrogens with zero attached hydrogens (tertiary/aromatic N) is 3. The molecule has 0 saturated carbocycles. The number of amides is 2. The fourth-order valence-electron chi connectivity index (χ4n) is 4.62. The summed E-state index contributed by atoms with van der Waals surface area (Å²) in [6.45, 7) is 7.03. The van der Waals surface area contributed by atoms with Crippen LogP contribution in [0.2, 0.25) is 0 Å². The number of hydrogen-bond donors (Lipinski definition) is 3. The Kier molecular flexibility index (Phi) is 9.90. The fraction of sp³-hybridized carbons (Fsp3) is 0.560. The van der Waals surface area contributed by atoms with Crippen LogP contribution in [0.5, 0.6) is 0 Å². The van der Waals surface area contributed by atoms with Gasteiger partial charge in [-0.15, -0.1) is 0 Å². The van der Waals surface area contributed by atoms with Crippen molar-refractivity contribution in [2.75, 3.05) is 39.5 Å². The first-order chi connectivity index (χ1) is 17.2. The fourth-order valence-corrected chi connectivity index (χ4v) is 4.62. The highest BCUT2D eigenvalue weighted by Crippen LogP contribution is 2.24. The summed E-state index contributed by atoms with van der Waals surface area (Å²) in [6.07, 6.45) is 2.50. The summed E-state index contributed by atoms with van der Waals surface area (Å²) in [4.78, 5) is 29.4. The predicted molar refractivity (Wildman–Crippen MR) is 134 cm³/mol. The Morgan fingerprint density at radius 3 is 2.61 bits per heavy atom. The second-order valence-electron chi connectivity index (χ2n) is 9.67. The van der Waals surface area contributed by atoms with Crippen molar-refractivity contribution in [1.82, 2.24) is 15.1 Å². The lowest BCUT2D eigenvalue weighted by molar-refractivity contribution is -0.128. The number of benzene rings is 1. The van der Waals surface area contributed by atoms with E-state index in [0.717, 1.165) is 25.1 Å². The van der Waals surface area contributed by atoms with Gasteiger partial charge in [0, 0.05) is 25.2 Å². The molecule has 3 rings (SSSR count). The third-order valence-corrected chi connectivity index (χ3v) is 6.68. The number of ether oxygens (including phenoxy) is 2. The third-order valence-electron chi connectivity index (χ3n) is 6.68. The van der Waals surface area contributed by atoms with Gasteiger partial charge >= 0.3 is 13.2 Å². The quantitative estimate of drug-likeness (QED) is 0.260. The Balaban J connectivity index is 1.58. The lowest BCUT2D eigenvalue weighted by Gasteiger charge is -2.39. The molecule has 1 aromatic rings. The molecule has 2 fully saturated rings. The molecule has 2 saturated heterocycles. The molecule has 2 aliphatic heterocycles. The van der Waals surface area contributed by atoms with E-state index < -0.39 is 24.7 Å². The van der Waals surface area contributed by atoms with Crippen LogP contribution in [0.15, 0.2) is 42.0 Å². The van der Waals surface area contributed by atoms with Gasteiger partial charge in [0.05, 0.1) is 25.2 Å². The van der Waals surface area contributed by atoms with Gasteiger partial charge in [-0.25, -0.2) is 4.79 Å². The first-order valence-electron chi connectivity index (χ1n) is 12.3. The average Bonchev–Trinajstić information content (AvgIpc) is 3.35. The second kappa shape index (κ2) is 12.9. The SMILES string of the molecule is CC(C)(C=C(C#N)C(=O)N1CCC[C@@H]1COC(=O)NC(Cc1ccccc1)B(O)O)N1CCOCC1. The highest BCUT2D eigenvalue weighted by molar-refractivity contribution is 6.43. The lowest BCUT2D eigenvalue weighted by atomic mass is 9.76. The van der Waals surface area contributed by atoms with Gasteiger partial charge in [-0.05, 0) is 44.7 Å². The number of nitrogens with one attached hydrogen (secondary N) is 1. The lowest BCUT2D eigenvalue weighted by Crippen LogP contribution is -2.49. The van der Waals surface area contributed by atoms with Gasteiger partial charge in [-0.3, -0.25) is 9.69 Å². The molecule has 1 unspecified atom stereocenters. The highest BCUT2D eigenvalue weighted by Gasteiger charge is 2.34. The van der Waals surface area contributed by atoms with Crippen molar-refractivity contribution in [2.24, 2.45) is 0 Å². The summed E-state index contributed by atoms with van der Waals surface area (Å²) >= 11 is 0. The van der Waals surface area contributed by atoms with Gasteiger partial charge in [0.1, 0.15) is 18.2 Å². The number of morpholine rings is 1. The maximum absolute atomic E-state index is 13.2. The predicted octanol–water partition coefficient (Wildman–Crippen LogP) is 0.888. The second-order valence-corrected chi connectivity index (χ2v) is 9.67. The molecule has 2 amide bonds. The molecule has 2 heterocycles. The standard InChI is InChI=1S/C25H35BN4O6/c1-25(2,29-11-13-35-14-12-29)16-20(17-27)23(31)30-10-6-9-21(30)18-36-24(32)28-22(26(33)34)15-19-7-4-3-5-8-19/h3-5,7-8,16,21-22,33-34H,6,9-15,18H2,1-2H3,(H,28,32)/t21-,22?/m1/s1. The molecule has 0 bridgehead atoms. The Bertz CT molecular complexity index is 959. The van der Waals surface area contributed by atoms with E-state index in [1.165, 1.54) is 0 Å². The van der Waals surface area contributed by atoms with E-state index in [4.69, 9.17) is 9.47 Å². The minimum absolute atomic E-state index is 0.0529. The molecular weight excluding hydrogens is 463 g/mol. The molecule has 0 aliphatic carbocycles. The summed E-state index contributed by atoms with van der Waals surface area (Å²) < 4.78 is 10.7. The smallest absolute Gasteiger partial charge is 0.447 e. The summed E-state index contributed by atoms with van der Waals surface area (Å²) in [5, 5.41) is 31.6. The Morgan fingerprint density at radius 2 is 1.97 bits per heavy atom. The first kappa shape index (κ1) is 27.7. The Hall–Kier alpha value is -2.91. The van der Waals surface area contributed by atoms with E-state index in [2.05, 4.69) is 16.3 Å². The van der Waals surface area contributed by atoms with E-state index in [-0.39, 0.29) is 30.5 Å². The molecule has 10 nitrogen and oxygen atoms in total. The number of likely N-dealkylation sites (tertiary alicyclic amines) is 1. The minimum Gasteiger partial charge on any atom is -0.447 e. The molecule has 3 N–H and O–H groups in total. The molecule has 36 heavy (non-hydrogen) atoms. The minimum atomic E-state index is -1.76. The maximum atomic E-state index is 13.2. The topological polar surface area (TPSA) is 135 Å². The molecule has 1 aromatic carbocycles. The van der Waals surface area contributed by atoms with Crippen molar-refractivity contribution in [3.8, 4) is 6.07 Å². The number of carbonyl (C=O) groups is 2. The van der Waals surface area contributed by atoms with E-state index in [0.29, 0.717) is 26.2 Å². The van der Waals surface area contributed by atoms with Crippen molar-refractivity contribution in [3.05, 3.63) is 47.5 Å². The summed E-state index contributed by atoms with van der Waals surface area (Å²) in [5.41, 5.74) is 0.406. The van der Waals surface area contributed by atoms with Gasteiger partial charge < -0.3 is 29.7 Å². The van der Waals surface area contributed by atoms with Crippen LogP contribution in [-0.4, -0.2) is 95.9 Å². The zero-order chi connectivity index (χ0) is 26.1. The maximum Gasteiger partial charge on any atom is 0.475 e. The highest BCUT2D eigenvalue weighted by atomic mass is 16.5. The molecule has 0 radical (unpaired) electrons. The zero-order valence-electron chi connectivity index (χ0n) is 20.9. The van der Waals surface area contributed by atoms with E-state index in [1.54, 1.807) is 11.0 Å². The van der Waals surface area contributed by atoms with Crippen molar-refractivity contribution < 1.29 is 29.1 Å². The van der Waals surface area contributed by atoms with Crippen molar-refractivity contribution in [1.29, 1.82) is 5.26 Å². The molecule has 2 aliphatic rings. The number of hydrogen-bond acceptors (Lipinski definition) is 8. The van der Waals surface area contributed by atoms with Crippen LogP contribution >= 0.6 is 0 Å². The van der Waals surface area contributed by atoms with Gasteiger partial charge in [0.2, 0.25) is 0 Å². The van der Waals surface area contributed by atoms with E-state index in [1.807, 2.05) is 44.2 Å². The van der Waals surface area contributed by atoms with Crippen molar-refractivity contribution in [3.63, 3.8) is 0 Å². The summed E-state index contributed by atoms with van der Waals surface area (Å²) in [6, 6.07) is 10.8. The third kappa shape index (κ3) is 7.55. The van der Waals surface area contributed by atoms with E-state index in [9.17, 15) is 24.9 Å². The monoisotopic (exact) mass is 498 g/mol. The van der Waals surface area contributed by atoms with Crippen LogP contribution < -0.4 is 5.32 Å². The van der Waals surface area contributed by atoms with Crippen molar-refractivity contribution >= 4 is 19.1 Å². The van der Waals surface area contributed by atoms with Crippen LogP contribution in [0, 0.1) is 11.3 Å². The Labute approximate surface area is 212 Å². The first-order valence-corrected chi connectivity index (χ1v) is 12.3. The van der Waals surface area contributed by atoms with Gasteiger partial charge in [-0.1, -0.05) is 30.3 Å². The number of alkyl carbamates (subject to hydrolysis) is 1. The van der Waals surface area contributed by atoms with Crippen LogP contribution in [0.25, 0.3) is 0 Å². The van der Waals surface area contributed by atoms with Crippen LogP contribution in [0.4, 0.5) is 4.79 Å². The average molecular weight is 498 g/mol. The van der Waals surface area contributed by atoms with Crippen LogP contribution in [0.1, 0.15) is 32.3 Å². The van der Waals surface area contributed by atoms with Gasteiger partial charge in [0.15, 0.2) is 0 Å². The van der Waals surface area contributed by atoms with Gasteiger partial charge in [0.25, 0.3) is 5.91 Å².